The van der Waals surface area contributed by atoms with Gasteiger partial charge in [-0.05, 0) is 43.2 Å². The maximum Gasteiger partial charge on any atom is 0.335 e. The van der Waals surface area contributed by atoms with Gasteiger partial charge in [0.1, 0.15) is 5.75 Å². The molecule has 1 heterocycles. The van der Waals surface area contributed by atoms with Crippen LogP contribution in [0.1, 0.15) is 28.8 Å². The summed E-state index contributed by atoms with van der Waals surface area (Å²) in [6.07, 6.45) is 1.67. The predicted octanol–water partition coefficient (Wildman–Crippen LogP) is 3.06. The summed E-state index contributed by atoms with van der Waals surface area (Å²) in [7, 11) is 0. The molecule has 0 radical (unpaired) electrons. The van der Waals surface area contributed by atoms with Gasteiger partial charge in [-0.25, -0.2) is 4.79 Å². The highest BCUT2D eigenvalue weighted by atomic mass is 16.5. The summed E-state index contributed by atoms with van der Waals surface area (Å²) in [6, 6.07) is 14.1. The van der Waals surface area contributed by atoms with Gasteiger partial charge in [-0.2, -0.15) is 0 Å². The van der Waals surface area contributed by atoms with Crippen molar-refractivity contribution in [3.05, 3.63) is 59.7 Å². The first-order chi connectivity index (χ1) is 11.6. The van der Waals surface area contributed by atoms with Gasteiger partial charge in [0.05, 0.1) is 12.2 Å². The minimum atomic E-state index is -0.979. The fraction of sp³-hybridized carbons (Fsp3) is 0.263. The summed E-state index contributed by atoms with van der Waals surface area (Å²) in [5.74, 6) is -0.186. The fourth-order valence-corrected chi connectivity index (χ4v) is 3.63. The van der Waals surface area contributed by atoms with Crippen LogP contribution < -0.4 is 10.1 Å². The van der Waals surface area contributed by atoms with Gasteiger partial charge in [-0.3, -0.25) is 4.79 Å². The minimum Gasteiger partial charge on any atom is -0.493 e. The van der Waals surface area contributed by atoms with Crippen molar-refractivity contribution in [1.82, 2.24) is 0 Å². The predicted molar refractivity (Wildman–Crippen MR) is 88.4 cm³/mol. The van der Waals surface area contributed by atoms with Crippen molar-refractivity contribution in [1.29, 1.82) is 0 Å². The van der Waals surface area contributed by atoms with E-state index in [0.29, 0.717) is 12.3 Å². The van der Waals surface area contributed by atoms with E-state index in [4.69, 9.17) is 9.84 Å². The molecule has 1 saturated carbocycles. The number of anilines is 1. The normalized spacial score (nSPS) is 23.9. The maximum atomic E-state index is 12.6. The summed E-state index contributed by atoms with van der Waals surface area (Å²) in [5, 5.41) is 11.8. The summed E-state index contributed by atoms with van der Waals surface area (Å²) in [6.45, 7) is 0.633. The summed E-state index contributed by atoms with van der Waals surface area (Å²) >= 11 is 0. The first-order valence-corrected chi connectivity index (χ1v) is 7.97. The number of hydrogen-bond acceptors (Lipinski definition) is 3. The van der Waals surface area contributed by atoms with Gasteiger partial charge in [-0.1, -0.05) is 18.2 Å². The number of carboxylic acid groups (broad SMARTS) is 1. The summed E-state index contributed by atoms with van der Waals surface area (Å²) in [5.41, 5.74) is 1.83. The van der Waals surface area contributed by atoms with Crippen molar-refractivity contribution in [3.8, 4) is 5.75 Å². The third-order valence-corrected chi connectivity index (χ3v) is 5.02. The van der Waals surface area contributed by atoms with E-state index < -0.39 is 5.97 Å². The number of amides is 1. The number of carbonyl (C=O) groups is 2. The number of benzene rings is 2. The molecule has 122 valence electrons. The van der Waals surface area contributed by atoms with Crippen LogP contribution in [0.25, 0.3) is 0 Å². The zero-order valence-corrected chi connectivity index (χ0v) is 13.0. The van der Waals surface area contributed by atoms with E-state index in [9.17, 15) is 9.59 Å². The van der Waals surface area contributed by atoms with Gasteiger partial charge in [-0.15, -0.1) is 0 Å². The van der Waals surface area contributed by atoms with Crippen LogP contribution in [-0.4, -0.2) is 23.6 Å². The standard InChI is InChI=1S/C19H17NO4/c21-17(20-13-7-5-12(6-8-13)18(22)23)15-11-19(15)9-10-24-16-4-2-1-3-14(16)19/h1-8,15H,9-11H2,(H,20,21)(H,22,23)/t15-,19-/m0/s1. The Hall–Kier alpha value is -2.82. The monoisotopic (exact) mass is 323 g/mol. The third kappa shape index (κ3) is 2.33. The molecule has 24 heavy (non-hydrogen) atoms. The number of carboxylic acids is 1. The van der Waals surface area contributed by atoms with Crippen LogP contribution in [0.4, 0.5) is 5.69 Å². The second kappa shape index (κ2) is 5.37. The van der Waals surface area contributed by atoms with Crippen LogP contribution in [0, 0.1) is 5.92 Å². The van der Waals surface area contributed by atoms with Gasteiger partial charge in [0, 0.05) is 22.6 Å². The quantitative estimate of drug-likeness (QED) is 0.910. The largest absolute Gasteiger partial charge is 0.493 e. The zero-order valence-electron chi connectivity index (χ0n) is 13.0. The molecule has 0 saturated heterocycles. The number of rotatable bonds is 3. The third-order valence-electron chi connectivity index (χ3n) is 5.02. The molecule has 1 fully saturated rings. The lowest BCUT2D eigenvalue weighted by molar-refractivity contribution is -0.117. The van der Waals surface area contributed by atoms with Crippen molar-refractivity contribution in [2.45, 2.75) is 18.3 Å². The summed E-state index contributed by atoms with van der Waals surface area (Å²) in [4.78, 5) is 23.5. The van der Waals surface area contributed by atoms with Gasteiger partial charge in [0.15, 0.2) is 0 Å². The van der Waals surface area contributed by atoms with E-state index in [-0.39, 0.29) is 22.8 Å². The Morgan fingerprint density at radius 2 is 1.88 bits per heavy atom. The number of ether oxygens (including phenoxy) is 1. The highest BCUT2D eigenvalue weighted by Gasteiger charge is 2.60. The molecule has 2 atom stereocenters. The van der Waals surface area contributed by atoms with Gasteiger partial charge < -0.3 is 15.2 Å². The van der Waals surface area contributed by atoms with E-state index in [1.807, 2.05) is 24.3 Å². The van der Waals surface area contributed by atoms with Crippen molar-refractivity contribution in [2.24, 2.45) is 5.92 Å². The molecule has 4 rings (SSSR count). The molecule has 1 amide bonds. The van der Waals surface area contributed by atoms with E-state index in [1.165, 1.54) is 12.1 Å². The molecule has 0 bridgehead atoms. The first-order valence-electron chi connectivity index (χ1n) is 7.97. The van der Waals surface area contributed by atoms with E-state index in [2.05, 4.69) is 5.32 Å². The van der Waals surface area contributed by atoms with Crippen LogP contribution in [0.15, 0.2) is 48.5 Å². The van der Waals surface area contributed by atoms with Gasteiger partial charge in [0.2, 0.25) is 5.91 Å². The molecule has 2 N–H and O–H groups in total. The highest BCUT2D eigenvalue weighted by Crippen LogP contribution is 2.60. The molecule has 1 spiro atoms. The van der Waals surface area contributed by atoms with Gasteiger partial charge in [0.25, 0.3) is 0 Å². The molecule has 2 aromatic rings. The molecule has 2 aromatic carbocycles. The Labute approximate surface area is 139 Å². The molecule has 2 aliphatic rings. The lowest BCUT2D eigenvalue weighted by atomic mass is 9.87. The molecule has 0 aromatic heterocycles. The number of aromatic carboxylic acids is 1. The Morgan fingerprint density at radius 1 is 1.12 bits per heavy atom. The zero-order chi connectivity index (χ0) is 16.7. The highest BCUT2D eigenvalue weighted by molar-refractivity contribution is 5.97. The second-order valence-corrected chi connectivity index (χ2v) is 6.38. The number of nitrogens with one attached hydrogen (secondary N) is 1. The lowest BCUT2D eigenvalue weighted by Gasteiger charge is -2.26. The van der Waals surface area contributed by atoms with Crippen molar-refractivity contribution < 1.29 is 19.4 Å². The van der Waals surface area contributed by atoms with E-state index in [1.54, 1.807) is 12.1 Å². The number of fused-ring (bicyclic) bond motifs is 2. The Balaban J connectivity index is 1.51. The average molecular weight is 323 g/mol. The smallest absolute Gasteiger partial charge is 0.335 e. The average Bonchev–Trinajstić information content (AvgIpc) is 3.31. The SMILES string of the molecule is O=C(O)c1ccc(NC(=O)[C@@H]2C[C@]23CCOc2ccccc23)cc1. The first kappa shape index (κ1) is 14.8. The van der Waals surface area contributed by atoms with Crippen molar-refractivity contribution in [3.63, 3.8) is 0 Å². The molecule has 0 unspecified atom stereocenters. The number of carbonyl (C=O) groups excluding carboxylic acids is 1. The Morgan fingerprint density at radius 3 is 2.62 bits per heavy atom. The number of para-hydroxylation sites is 1. The van der Waals surface area contributed by atoms with Crippen molar-refractivity contribution >= 4 is 17.6 Å². The van der Waals surface area contributed by atoms with Crippen LogP contribution >= 0.6 is 0 Å². The molecule has 1 aliphatic carbocycles. The van der Waals surface area contributed by atoms with E-state index >= 15 is 0 Å². The lowest BCUT2D eigenvalue weighted by Crippen LogP contribution is -2.26. The molecular formula is C19H17NO4. The van der Waals surface area contributed by atoms with Gasteiger partial charge >= 0.3 is 5.97 Å². The maximum absolute atomic E-state index is 12.6. The molecule has 1 aliphatic heterocycles. The van der Waals surface area contributed by atoms with Crippen LogP contribution in [0.3, 0.4) is 0 Å². The second-order valence-electron chi connectivity index (χ2n) is 6.38. The van der Waals surface area contributed by atoms with Crippen LogP contribution in [0.5, 0.6) is 5.75 Å². The van der Waals surface area contributed by atoms with E-state index in [0.717, 1.165) is 24.2 Å². The molecule has 5 nitrogen and oxygen atoms in total. The molecule has 5 heteroatoms. The molecular weight excluding hydrogens is 306 g/mol. The van der Waals surface area contributed by atoms with Crippen LogP contribution in [0.2, 0.25) is 0 Å². The Bertz CT molecular complexity index is 814. The fourth-order valence-electron chi connectivity index (χ4n) is 3.63. The summed E-state index contributed by atoms with van der Waals surface area (Å²) < 4.78 is 5.69. The number of hydrogen-bond donors (Lipinski definition) is 2. The Kier molecular flexibility index (Phi) is 3.30. The van der Waals surface area contributed by atoms with Crippen molar-refractivity contribution in [2.75, 3.05) is 11.9 Å². The topological polar surface area (TPSA) is 75.6 Å². The van der Waals surface area contributed by atoms with Crippen LogP contribution in [-0.2, 0) is 10.2 Å². The minimum absolute atomic E-state index is 0.0187.